The second-order valence-corrected chi connectivity index (χ2v) is 18.6. The first-order chi connectivity index (χ1) is 28.2. The molecule has 0 spiro atoms. The molecule has 1 saturated heterocycles. The lowest BCUT2D eigenvalue weighted by Crippen LogP contribution is -2.48. The molecule has 0 aliphatic carbocycles. The molecule has 0 aromatic heterocycles. The summed E-state index contributed by atoms with van der Waals surface area (Å²) >= 11 is 1.58. The van der Waals surface area contributed by atoms with E-state index in [1.54, 1.807) is 16.7 Å². The van der Waals surface area contributed by atoms with E-state index in [1.165, 1.54) is 0 Å². The van der Waals surface area contributed by atoms with Crippen molar-refractivity contribution in [3.05, 3.63) is 71.8 Å². The zero-order valence-corrected chi connectivity index (χ0v) is 36.8. The molecule has 2 aromatic carbocycles. The van der Waals surface area contributed by atoms with Crippen LogP contribution in [-0.4, -0.2) is 82.2 Å². The molecule has 0 saturated carbocycles. The van der Waals surface area contributed by atoms with E-state index in [0.717, 1.165) is 29.0 Å². The quantitative estimate of drug-likeness (QED) is 0.108. The molecule has 2 aliphatic heterocycles. The number of hydrogen-bond acceptors (Lipinski definition) is 9. The fourth-order valence-corrected chi connectivity index (χ4v) is 9.02. The van der Waals surface area contributed by atoms with Crippen molar-refractivity contribution in [1.82, 2.24) is 15.5 Å². The normalized spacial score (nSPS) is 18.7. The Morgan fingerprint density at radius 1 is 0.881 bits per heavy atom. The monoisotopic (exact) mass is 830 g/mol. The number of benzene rings is 2. The molecule has 12 heteroatoms. The zero-order chi connectivity index (χ0) is 42.9. The van der Waals surface area contributed by atoms with E-state index in [0.29, 0.717) is 49.9 Å². The van der Waals surface area contributed by atoms with Gasteiger partial charge in [0.15, 0.2) is 11.6 Å². The smallest absolute Gasteiger partial charge is 0.407 e. The highest BCUT2D eigenvalue weighted by molar-refractivity contribution is 8.14. The van der Waals surface area contributed by atoms with Gasteiger partial charge in [0, 0.05) is 55.5 Å². The standard InChI is InChI=1S/C47H66N4O7S/c1-31(2)25-33(5)41(52)27-37(26-35-15-9-7-10-16-35)46(56)51-24-14-20-40(51)43(54)28-38(32(3)4)45(55)50-39(42(53)29-44-48-23-21-34(6)59-44)19-13-22-49-47(57)58-30-36-17-11-8-12-18-36/h7-12,15-18,31-34,37-40H,13-14,19-30H2,1-6H3,(H,49,57)(H,50,55)/t33-,34?,37-,38-,39+,40-/m0/s1. The molecule has 4 rings (SSSR count). The van der Waals surface area contributed by atoms with E-state index in [9.17, 15) is 28.8 Å². The third-order valence-corrected chi connectivity index (χ3v) is 12.5. The number of ether oxygens (including phenoxy) is 1. The molecule has 2 aliphatic rings. The average molecular weight is 831 g/mol. The molecule has 2 N–H and O–H groups in total. The number of thioether (sulfide) groups is 1. The van der Waals surface area contributed by atoms with Crippen LogP contribution < -0.4 is 10.6 Å². The summed E-state index contributed by atoms with van der Waals surface area (Å²) in [5.41, 5.74) is 1.82. The minimum absolute atomic E-state index is 0.0538. The number of nitrogens with one attached hydrogen (secondary N) is 2. The number of alkyl carbamates (subject to hydrolysis) is 1. The van der Waals surface area contributed by atoms with Gasteiger partial charge in [-0.3, -0.25) is 29.0 Å². The van der Waals surface area contributed by atoms with Crippen LogP contribution in [0.2, 0.25) is 0 Å². The maximum atomic E-state index is 14.3. The predicted octanol–water partition coefficient (Wildman–Crippen LogP) is 7.78. The number of aliphatic imine (C=N–C) groups is 1. The molecule has 2 heterocycles. The van der Waals surface area contributed by atoms with Crippen molar-refractivity contribution in [2.24, 2.45) is 34.6 Å². The van der Waals surface area contributed by atoms with Gasteiger partial charge in [-0.1, -0.05) is 102 Å². The highest BCUT2D eigenvalue weighted by atomic mass is 32.2. The van der Waals surface area contributed by atoms with Crippen molar-refractivity contribution >= 4 is 52.1 Å². The van der Waals surface area contributed by atoms with Crippen LogP contribution >= 0.6 is 11.8 Å². The summed E-state index contributed by atoms with van der Waals surface area (Å²) in [7, 11) is 0. The third-order valence-electron chi connectivity index (χ3n) is 11.3. The Kier molecular flexibility index (Phi) is 19.3. The SMILES string of the molecule is CC(C)C[C@H](C)C(=O)C[C@H](Cc1ccccc1)C(=O)N1CCC[C@H]1C(=O)C[C@H](C(=O)N[C@H](CCCNC(=O)OCc1ccccc1)C(=O)CC1=NCCC(C)S1)C(C)C. The first kappa shape index (κ1) is 47.4. The van der Waals surface area contributed by atoms with Crippen molar-refractivity contribution in [2.45, 2.75) is 130 Å². The van der Waals surface area contributed by atoms with Gasteiger partial charge >= 0.3 is 6.09 Å². The summed E-state index contributed by atoms with van der Waals surface area (Å²) in [6.07, 6.45) is 3.46. The second kappa shape index (κ2) is 24.1. The molecule has 1 unspecified atom stereocenters. The summed E-state index contributed by atoms with van der Waals surface area (Å²) in [5, 5.41) is 6.81. The van der Waals surface area contributed by atoms with Gasteiger partial charge in [0.05, 0.1) is 23.5 Å². The van der Waals surface area contributed by atoms with Crippen LogP contribution in [0.4, 0.5) is 4.79 Å². The first-order valence-corrected chi connectivity index (χ1v) is 22.5. The van der Waals surface area contributed by atoms with Gasteiger partial charge in [-0.25, -0.2) is 4.79 Å². The summed E-state index contributed by atoms with van der Waals surface area (Å²) in [6, 6.07) is 17.5. The number of ketones is 3. The molecule has 3 amide bonds. The van der Waals surface area contributed by atoms with Gasteiger partial charge in [-0.2, -0.15) is 0 Å². The third kappa shape index (κ3) is 15.7. The summed E-state index contributed by atoms with van der Waals surface area (Å²) < 4.78 is 5.32. The molecule has 0 bridgehead atoms. The minimum atomic E-state index is -0.847. The number of Topliss-reactive ketones (excluding diaryl/α,β-unsaturated/α-hetero) is 3. The van der Waals surface area contributed by atoms with E-state index < -0.39 is 35.9 Å². The first-order valence-electron chi connectivity index (χ1n) is 21.6. The van der Waals surface area contributed by atoms with Crippen LogP contribution in [0.1, 0.15) is 110 Å². The van der Waals surface area contributed by atoms with Gasteiger partial charge < -0.3 is 20.3 Å². The number of carbonyl (C=O) groups excluding carboxylic acids is 6. The lowest BCUT2D eigenvalue weighted by molar-refractivity contribution is -0.143. The summed E-state index contributed by atoms with van der Waals surface area (Å²) in [5.74, 6) is -2.28. The zero-order valence-electron chi connectivity index (χ0n) is 36.0. The van der Waals surface area contributed by atoms with E-state index in [1.807, 2.05) is 81.4 Å². The Balaban J connectivity index is 1.42. The van der Waals surface area contributed by atoms with E-state index in [4.69, 9.17) is 4.74 Å². The van der Waals surface area contributed by atoms with E-state index >= 15 is 0 Å². The maximum absolute atomic E-state index is 14.3. The molecular weight excluding hydrogens is 765 g/mol. The van der Waals surface area contributed by atoms with Crippen LogP contribution in [0.5, 0.6) is 0 Å². The Morgan fingerprint density at radius 3 is 2.20 bits per heavy atom. The highest BCUT2D eigenvalue weighted by Crippen LogP contribution is 2.29. The van der Waals surface area contributed by atoms with Gasteiger partial charge in [0.1, 0.15) is 12.4 Å². The topological polar surface area (TPSA) is 151 Å². The van der Waals surface area contributed by atoms with E-state index in [-0.39, 0.29) is 73.9 Å². The maximum Gasteiger partial charge on any atom is 0.407 e. The Labute approximate surface area is 355 Å². The number of hydrogen-bond donors (Lipinski definition) is 2. The van der Waals surface area contributed by atoms with Gasteiger partial charge in [0.2, 0.25) is 11.8 Å². The molecule has 59 heavy (non-hydrogen) atoms. The van der Waals surface area contributed by atoms with E-state index in [2.05, 4.69) is 36.4 Å². The number of carbonyl (C=O) groups is 6. The van der Waals surface area contributed by atoms with Crippen molar-refractivity contribution in [3.63, 3.8) is 0 Å². The van der Waals surface area contributed by atoms with Gasteiger partial charge in [0.25, 0.3) is 0 Å². The molecule has 6 atom stereocenters. The number of rotatable bonds is 23. The molecule has 2 aromatic rings. The van der Waals surface area contributed by atoms with Crippen molar-refractivity contribution in [1.29, 1.82) is 0 Å². The summed E-state index contributed by atoms with van der Waals surface area (Å²) in [4.78, 5) is 88.4. The Bertz CT molecular complexity index is 1730. The molecule has 0 radical (unpaired) electrons. The van der Waals surface area contributed by atoms with Crippen LogP contribution in [0, 0.1) is 29.6 Å². The largest absolute Gasteiger partial charge is 0.445 e. The second-order valence-electron chi connectivity index (χ2n) is 17.1. The predicted molar refractivity (Wildman–Crippen MR) is 234 cm³/mol. The van der Waals surface area contributed by atoms with Crippen LogP contribution in [0.15, 0.2) is 65.7 Å². The molecule has 322 valence electrons. The Morgan fingerprint density at radius 2 is 1.56 bits per heavy atom. The lowest BCUT2D eigenvalue weighted by Gasteiger charge is -2.30. The molecular formula is C47H66N4O7S. The van der Waals surface area contributed by atoms with Gasteiger partial charge in [-0.05, 0) is 67.9 Å². The molecule has 1 fully saturated rings. The van der Waals surface area contributed by atoms with Crippen molar-refractivity contribution in [3.8, 4) is 0 Å². The lowest BCUT2D eigenvalue weighted by atomic mass is 9.85. The number of amides is 3. The van der Waals surface area contributed by atoms with Crippen molar-refractivity contribution < 1.29 is 33.5 Å². The van der Waals surface area contributed by atoms with Crippen LogP contribution in [0.3, 0.4) is 0 Å². The van der Waals surface area contributed by atoms with Gasteiger partial charge in [-0.15, -0.1) is 11.8 Å². The summed E-state index contributed by atoms with van der Waals surface area (Å²) in [6.45, 7) is 13.4. The molecule has 11 nitrogen and oxygen atoms in total. The Hall–Kier alpha value is -4.32. The fourth-order valence-electron chi connectivity index (χ4n) is 7.94. The number of nitrogens with zero attached hydrogens (tertiary/aromatic N) is 2. The minimum Gasteiger partial charge on any atom is -0.445 e. The fraction of sp³-hybridized carbons (Fsp3) is 0.596. The van der Waals surface area contributed by atoms with Crippen molar-refractivity contribution in [2.75, 3.05) is 19.6 Å². The average Bonchev–Trinajstić information content (AvgIpc) is 3.70. The highest BCUT2D eigenvalue weighted by Gasteiger charge is 2.40. The van der Waals surface area contributed by atoms with Crippen LogP contribution in [-0.2, 0) is 41.7 Å². The van der Waals surface area contributed by atoms with Crippen LogP contribution in [0.25, 0.3) is 0 Å². The number of likely N-dealkylation sites (tertiary alicyclic amines) is 1.